The number of piperazine rings is 1. The Morgan fingerprint density at radius 3 is 2.53 bits per heavy atom. The Balaban J connectivity index is 1.53. The molecule has 0 saturated carbocycles. The number of nitrogens with one attached hydrogen (secondary N) is 1. The molecule has 6 nitrogen and oxygen atoms in total. The largest absolute Gasteiger partial charge is 0.344 e. The molecule has 32 heavy (non-hydrogen) atoms. The molecule has 3 aliphatic rings. The minimum absolute atomic E-state index is 0.0874. The minimum atomic E-state index is -0.0874. The van der Waals surface area contributed by atoms with E-state index in [1.807, 2.05) is 28.6 Å². The first kappa shape index (κ1) is 19.3. The highest BCUT2D eigenvalue weighted by Gasteiger charge is 2.21. The summed E-state index contributed by atoms with van der Waals surface area (Å²) in [4.78, 5) is 21.3. The van der Waals surface area contributed by atoms with Crippen LogP contribution in [-0.2, 0) is 4.79 Å². The molecule has 0 aromatic heterocycles. The topological polar surface area (TPSA) is 57.6 Å². The molecule has 2 aliphatic heterocycles. The van der Waals surface area contributed by atoms with Gasteiger partial charge >= 0.3 is 5.91 Å². The number of aromatic amines is 1. The normalized spacial score (nSPS) is 16.7. The van der Waals surface area contributed by atoms with Crippen molar-refractivity contribution in [2.24, 2.45) is 5.11 Å². The van der Waals surface area contributed by atoms with Crippen LogP contribution < -0.4 is 4.36 Å². The molecule has 0 radical (unpaired) electrons. The summed E-state index contributed by atoms with van der Waals surface area (Å²) in [5.41, 5.74) is 1.87. The first-order valence-corrected chi connectivity index (χ1v) is 11.3. The van der Waals surface area contributed by atoms with Gasteiger partial charge in [0.2, 0.25) is 0 Å². The quantitative estimate of drug-likeness (QED) is 0.452. The van der Waals surface area contributed by atoms with E-state index in [-0.39, 0.29) is 5.91 Å². The van der Waals surface area contributed by atoms with Gasteiger partial charge in [-0.2, -0.15) is 0 Å². The van der Waals surface area contributed by atoms with Crippen molar-refractivity contribution in [1.29, 1.82) is 0 Å². The van der Waals surface area contributed by atoms with Crippen LogP contribution in [0.5, 0.6) is 0 Å². The summed E-state index contributed by atoms with van der Waals surface area (Å²) < 4.78 is 1.86. The molecule has 160 valence electrons. The van der Waals surface area contributed by atoms with Crippen molar-refractivity contribution in [2.75, 3.05) is 39.8 Å². The van der Waals surface area contributed by atoms with Gasteiger partial charge in [-0.25, -0.2) is 0 Å². The summed E-state index contributed by atoms with van der Waals surface area (Å²) in [6.45, 7) is 4.87. The lowest BCUT2D eigenvalue weighted by molar-refractivity contribution is -0.523. The lowest BCUT2D eigenvalue weighted by Crippen LogP contribution is -2.45. The third-order valence-corrected chi connectivity index (χ3v) is 6.72. The zero-order valence-corrected chi connectivity index (χ0v) is 18.2. The molecule has 0 atom stereocenters. The van der Waals surface area contributed by atoms with Crippen LogP contribution in [-0.4, -0.2) is 60.5 Å². The fraction of sp³-hybridized carbons (Fsp3) is 0.269. The maximum atomic E-state index is 13.0. The Morgan fingerprint density at radius 1 is 0.969 bits per heavy atom. The second-order valence-corrected chi connectivity index (χ2v) is 8.78. The molecular formula is C26H26N5O+. The highest BCUT2D eigenvalue weighted by atomic mass is 16.1. The van der Waals surface area contributed by atoms with Crippen LogP contribution in [0, 0.1) is 10.7 Å². The fourth-order valence-corrected chi connectivity index (χ4v) is 4.97. The van der Waals surface area contributed by atoms with E-state index in [9.17, 15) is 4.79 Å². The van der Waals surface area contributed by atoms with Crippen LogP contribution in [0.3, 0.4) is 0 Å². The third-order valence-electron chi connectivity index (χ3n) is 6.72. The number of H-pyrrole nitrogens is 1. The Labute approximate surface area is 185 Å². The fourth-order valence-electron chi connectivity index (χ4n) is 4.97. The van der Waals surface area contributed by atoms with Gasteiger partial charge in [-0.05, 0) is 28.9 Å². The van der Waals surface area contributed by atoms with Crippen LogP contribution in [0.15, 0.2) is 65.8 Å². The van der Waals surface area contributed by atoms with Gasteiger partial charge in [-0.1, -0.05) is 42.5 Å². The second-order valence-electron chi connectivity index (χ2n) is 8.78. The number of rotatable bonds is 3. The molecule has 2 heterocycles. The number of fused-ring (bicyclic) bond motifs is 3. The summed E-state index contributed by atoms with van der Waals surface area (Å²) in [5.74, 6) is -0.0874. The SMILES string of the molecule is CN1CCN(CCC(=O)N=[n+]2c3c4cccc5cccc(c=3[nH]c3ccccc32)c54)CC1. The van der Waals surface area contributed by atoms with Crippen molar-refractivity contribution in [1.82, 2.24) is 14.8 Å². The van der Waals surface area contributed by atoms with Crippen molar-refractivity contribution >= 4 is 38.5 Å². The van der Waals surface area contributed by atoms with Crippen LogP contribution >= 0.6 is 0 Å². The zero-order valence-electron chi connectivity index (χ0n) is 18.2. The molecule has 0 spiro atoms. The van der Waals surface area contributed by atoms with Gasteiger partial charge in [0, 0.05) is 61.1 Å². The summed E-state index contributed by atoms with van der Waals surface area (Å²) in [6, 6.07) is 20.8. The zero-order chi connectivity index (χ0) is 21.7. The number of para-hydroxylation sites is 2. The van der Waals surface area contributed by atoms with Crippen LogP contribution in [0.4, 0.5) is 0 Å². The molecule has 6 rings (SSSR count). The van der Waals surface area contributed by atoms with Crippen LogP contribution in [0.25, 0.3) is 32.6 Å². The number of nitrogens with zero attached hydrogens (tertiary/aromatic N) is 4. The van der Waals surface area contributed by atoms with Crippen molar-refractivity contribution in [2.45, 2.75) is 6.42 Å². The summed E-state index contributed by atoms with van der Waals surface area (Å²) >= 11 is 0. The van der Waals surface area contributed by atoms with Crippen molar-refractivity contribution in [3.63, 3.8) is 0 Å². The lowest BCUT2D eigenvalue weighted by Gasteiger charge is -2.31. The maximum absolute atomic E-state index is 13.0. The number of amides is 1. The van der Waals surface area contributed by atoms with Gasteiger partial charge < -0.3 is 14.8 Å². The summed E-state index contributed by atoms with van der Waals surface area (Å²) in [5, 5.41) is 11.3. The van der Waals surface area contributed by atoms with Gasteiger partial charge in [-0.15, -0.1) is 0 Å². The van der Waals surface area contributed by atoms with E-state index in [0.29, 0.717) is 6.42 Å². The van der Waals surface area contributed by atoms with E-state index in [4.69, 9.17) is 0 Å². The number of benzene rings is 3. The van der Waals surface area contributed by atoms with Gasteiger partial charge in [0.05, 0.1) is 5.39 Å². The summed E-state index contributed by atoms with van der Waals surface area (Å²) in [6.07, 6.45) is 0.426. The number of aromatic nitrogens is 2. The predicted octanol–water partition coefficient (Wildman–Crippen LogP) is 3.40. The highest BCUT2D eigenvalue weighted by Crippen LogP contribution is 2.30. The number of likely N-dealkylation sites (N-methyl/N-ethyl adjacent to an activating group) is 1. The van der Waals surface area contributed by atoms with Crippen molar-refractivity contribution in [3.8, 4) is 0 Å². The molecule has 0 bridgehead atoms. The first-order valence-electron chi connectivity index (χ1n) is 11.3. The molecule has 1 aliphatic carbocycles. The number of carbonyl (C=O) groups is 1. The molecule has 1 saturated heterocycles. The molecule has 1 N–H and O–H groups in total. The van der Waals surface area contributed by atoms with Crippen LogP contribution in [0.2, 0.25) is 0 Å². The minimum Gasteiger partial charge on any atom is -0.344 e. The molecule has 3 aromatic carbocycles. The van der Waals surface area contributed by atoms with Crippen molar-refractivity contribution < 1.29 is 9.16 Å². The van der Waals surface area contributed by atoms with E-state index in [1.165, 1.54) is 10.8 Å². The van der Waals surface area contributed by atoms with Crippen LogP contribution in [0.1, 0.15) is 6.42 Å². The number of hydrogen-bond donors (Lipinski definition) is 1. The van der Waals surface area contributed by atoms with E-state index < -0.39 is 0 Å². The third kappa shape index (κ3) is 3.15. The summed E-state index contributed by atoms with van der Waals surface area (Å²) in [7, 11) is 2.14. The monoisotopic (exact) mass is 424 g/mol. The van der Waals surface area contributed by atoms with Gasteiger partial charge in [-0.3, -0.25) is 4.79 Å². The van der Waals surface area contributed by atoms with E-state index >= 15 is 0 Å². The van der Waals surface area contributed by atoms with E-state index in [1.54, 1.807) is 0 Å². The first-order chi connectivity index (χ1) is 15.7. The van der Waals surface area contributed by atoms with E-state index in [0.717, 1.165) is 65.2 Å². The Morgan fingerprint density at radius 2 is 1.72 bits per heavy atom. The molecule has 6 heteroatoms. The molecule has 0 unspecified atom stereocenters. The molecule has 3 aromatic rings. The number of carbonyl (C=O) groups excluding carboxylic acids is 1. The standard InChI is InChI=1S/C26H25N5O/c1-29-14-16-30(17-15-29)13-12-23(32)28-31-22-11-3-2-10-21(22)27-25-19-8-4-6-18-7-5-9-20(24(18)19)26(25)31/h2-11H,12-17H2,1H3/p+1. The van der Waals surface area contributed by atoms with Gasteiger partial charge in [0.15, 0.2) is 0 Å². The predicted molar refractivity (Wildman–Crippen MR) is 126 cm³/mol. The smallest absolute Gasteiger partial charge is 0.310 e. The Bertz CT molecular complexity index is 1570. The van der Waals surface area contributed by atoms with Gasteiger partial charge in [0.25, 0.3) is 10.9 Å². The highest BCUT2D eigenvalue weighted by molar-refractivity contribution is 6.11. The molecule has 1 fully saturated rings. The molecule has 1 amide bonds. The average Bonchev–Trinajstić information content (AvgIpc) is 3.14. The average molecular weight is 425 g/mol. The lowest BCUT2D eigenvalue weighted by atomic mass is 10.1. The Hall–Kier alpha value is -3.35. The second kappa shape index (κ2) is 7.65. The maximum Gasteiger partial charge on any atom is 0.310 e. The van der Waals surface area contributed by atoms with Gasteiger partial charge in [0.1, 0.15) is 10.9 Å². The Kier molecular flexibility index (Phi) is 4.63. The number of hydrogen-bond acceptors (Lipinski definition) is 3. The van der Waals surface area contributed by atoms with Crippen molar-refractivity contribution in [3.05, 3.63) is 71.4 Å². The van der Waals surface area contributed by atoms with E-state index in [2.05, 4.69) is 63.3 Å². The molecular weight excluding hydrogens is 398 g/mol.